The third kappa shape index (κ3) is 2.12. The lowest BCUT2D eigenvalue weighted by Gasteiger charge is -2.10. The molecule has 0 fully saturated rings. The number of halogens is 2. The van der Waals surface area contributed by atoms with Gasteiger partial charge in [0.05, 0.1) is 14.2 Å². The molecule has 13 heavy (non-hydrogen) atoms. The molecular weight excluding hydrogens is 239 g/mol. The molecule has 1 rings (SSSR count). The first-order chi connectivity index (χ1) is 6.22. The molecule has 0 aromatic heterocycles. The Balaban J connectivity index is 3.25. The normalized spacial score (nSPS) is 9.85. The first-order valence-electron chi connectivity index (χ1n) is 3.69. The maximum absolute atomic E-state index is 12.9. The van der Waals surface area contributed by atoms with Crippen molar-refractivity contribution >= 4 is 15.9 Å². The monoisotopic (exact) mass is 248 g/mol. The highest BCUT2D eigenvalue weighted by Crippen LogP contribution is 2.31. The van der Waals surface area contributed by atoms with E-state index in [0.29, 0.717) is 16.8 Å². The molecular formula is C9H10BrFO2. The average molecular weight is 249 g/mol. The highest BCUT2D eigenvalue weighted by Gasteiger charge is 2.10. The number of rotatable bonds is 3. The molecule has 0 aliphatic rings. The molecule has 1 aromatic carbocycles. The number of hydrogen-bond donors (Lipinski definition) is 0. The second-order valence-corrected chi connectivity index (χ2v) is 2.98. The van der Waals surface area contributed by atoms with Crippen LogP contribution in [0.25, 0.3) is 0 Å². The molecule has 0 saturated carbocycles. The molecule has 0 N–H and O–H groups in total. The van der Waals surface area contributed by atoms with Crippen LogP contribution in [-0.4, -0.2) is 14.2 Å². The molecule has 2 nitrogen and oxygen atoms in total. The second kappa shape index (κ2) is 4.46. The van der Waals surface area contributed by atoms with Crippen molar-refractivity contribution in [2.24, 2.45) is 0 Å². The van der Waals surface area contributed by atoms with Gasteiger partial charge in [0.2, 0.25) is 0 Å². The van der Waals surface area contributed by atoms with Crippen LogP contribution in [0.4, 0.5) is 4.39 Å². The minimum absolute atomic E-state index is 0.363. The first kappa shape index (κ1) is 10.3. The van der Waals surface area contributed by atoms with Gasteiger partial charge in [-0.15, -0.1) is 0 Å². The molecule has 0 bridgehead atoms. The van der Waals surface area contributed by atoms with E-state index >= 15 is 0 Å². The Kier molecular flexibility index (Phi) is 3.54. The Labute approximate surface area is 84.8 Å². The lowest BCUT2D eigenvalue weighted by atomic mass is 10.2. The van der Waals surface area contributed by atoms with Gasteiger partial charge in [-0.25, -0.2) is 4.39 Å². The van der Waals surface area contributed by atoms with E-state index in [2.05, 4.69) is 15.9 Å². The van der Waals surface area contributed by atoms with Crippen molar-refractivity contribution in [3.63, 3.8) is 0 Å². The molecule has 0 spiro atoms. The van der Waals surface area contributed by atoms with Crippen LogP contribution in [0, 0.1) is 5.82 Å². The summed E-state index contributed by atoms with van der Waals surface area (Å²) < 4.78 is 23.0. The molecule has 0 amide bonds. The lowest BCUT2D eigenvalue weighted by molar-refractivity contribution is 0.383. The molecule has 4 heteroatoms. The van der Waals surface area contributed by atoms with Crippen LogP contribution < -0.4 is 9.47 Å². The molecule has 0 saturated heterocycles. The van der Waals surface area contributed by atoms with Crippen molar-refractivity contribution < 1.29 is 13.9 Å². The minimum Gasteiger partial charge on any atom is -0.496 e. The number of alkyl halides is 1. The molecule has 0 unspecified atom stereocenters. The standard InChI is InChI=1S/C9H10BrFO2/c1-12-8-3-6(11)4-9(13-2)7(8)5-10/h3-4H,5H2,1-2H3. The summed E-state index contributed by atoms with van der Waals surface area (Å²) in [6.07, 6.45) is 0. The van der Waals surface area contributed by atoms with Crippen molar-refractivity contribution in [2.45, 2.75) is 5.33 Å². The van der Waals surface area contributed by atoms with E-state index in [1.807, 2.05) is 0 Å². The highest BCUT2D eigenvalue weighted by molar-refractivity contribution is 9.08. The SMILES string of the molecule is COc1cc(F)cc(OC)c1CBr. The second-order valence-electron chi connectivity index (χ2n) is 2.42. The highest BCUT2D eigenvalue weighted by atomic mass is 79.9. The Morgan fingerprint density at radius 2 is 1.69 bits per heavy atom. The van der Waals surface area contributed by atoms with E-state index in [0.717, 1.165) is 5.56 Å². The predicted molar refractivity (Wildman–Crippen MR) is 52.1 cm³/mol. The van der Waals surface area contributed by atoms with E-state index in [9.17, 15) is 4.39 Å². The van der Waals surface area contributed by atoms with Crippen LogP contribution in [-0.2, 0) is 5.33 Å². The van der Waals surface area contributed by atoms with Crippen LogP contribution in [0.5, 0.6) is 11.5 Å². The molecule has 72 valence electrons. The van der Waals surface area contributed by atoms with Crippen molar-refractivity contribution in [1.29, 1.82) is 0 Å². The van der Waals surface area contributed by atoms with Gasteiger partial charge < -0.3 is 9.47 Å². The maximum atomic E-state index is 12.9. The summed E-state index contributed by atoms with van der Waals surface area (Å²) in [6, 6.07) is 2.66. The average Bonchev–Trinajstić information content (AvgIpc) is 2.16. The van der Waals surface area contributed by atoms with Crippen molar-refractivity contribution in [2.75, 3.05) is 14.2 Å². The van der Waals surface area contributed by atoms with Gasteiger partial charge in [0.15, 0.2) is 0 Å². The van der Waals surface area contributed by atoms with E-state index in [1.165, 1.54) is 26.4 Å². The Morgan fingerprint density at radius 1 is 1.23 bits per heavy atom. The Bertz CT molecular complexity index is 277. The van der Waals surface area contributed by atoms with Gasteiger partial charge in [-0.2, -0.15) is 0 Å². The van der Waals surface area contributed by atoms with Gasteiger partial charge in [0.1, 0.15) is 17.3 Å². The first-order valence-corrected chi connectivity index (χ1v) is 4.81. The van der Waals surface area contributed by atoms with Gasteiger partial charge in [-0.05, 0) is 0 Å². The van der Waals surface area contributed by atoms with E-state index in [-0.39, 0.29) is 5.82 Å². The van der Waals surface area contributed by atoms with Gasteiger partial charge in [-0.3, -0.25) is 0 Å². The van der Waals surface area contributed by atoms with Crippen LogP contribution in [0.3, 0.4) is 0 Å². The minimum atomic E-state index is -0.363. The quantitative estimate of drug-likeness (QED) is 0.767. The van der Waals surface area contributed by atoms with Gasteiger partial charge >= 0.3 is 0 Å². The molecule has 0 heterocycles. The van der Waals surface area contributed by atoms with Crippen LogP contribution in [0.1, 0.15) is 5.56 Å². The zero-order valence-corrected chi connectivity index (χ0v) is 9.02. The van der Waals surface area contributed by atoms with Crippen molar-refractivity contribution in [1.82, 2.24) is 0 Å². The third-order valence-corrected chi connectivity index (χ3v) is 2.27. The van der Waals surface area contributed by atoms with Gasteiger partial charge in [0.25, 0.3) is 0 Å². The lowest BCUT2D eigenvalue weighted by Crippen LogP contribution is -1.95. The Morgan fingerprint density at radius 3 is 2.00 bits per heavy atom. The van der Waals surface area contributed by atoms with Crippen LogP contribution in [0.2, 0.25) is 0 Å². The number of methoxy groups -OCH3 is 2. The largest absolute Gasteiger partial charge is 0.496 e. The Hall–Kier alpha value is -0.770. The number of hydrogen-bond acceptors (Lipinski definition) is 2. The van der Waals surface area contributed by atoms with Crippen LogP contribution >= 0.6 is 15.9 Å². The predicted octanol–water partition coefficient (Wildman–Crippen LogP) is 2.74. The summed E-state index contributed by atoms with van der Waals surface area (Å²) >= 11 is 3.28. The summed E-state index contributed by atoms with van der Waals surface area (Å²) in [4.78, 5) is 0. The van der Waals surface area contributed by atoms with E-state index < -0.39 is 0 Å². The van der Waals surface area contributed by atoms with Crippen molar-refractivity contribution in [3.05, 3.63) is 23.5 Å². The smallest absolute Gasteiger partial charge is 0.130 e. The molecule has 1 aromatic rings. The maximum Gasteiger partial charge on any atom is 0.130 e. The fourth-order valence-electron chi connectivity index (χ4n) is 1.08. The zero-order valence-electron chi connectivity index (χ0n) is 7.43. The summed E-state index contributed by atoms with van der Waals surface area (Å²) in [5.41, 5.74) is 0.811. The fraction of sp³-hybridized carbons (Fsp3) is 0.333. The molecule has 0 radical (unpaired) electrons. The van der Waals surface area contributed by atoms with E-state index in [1.54, 1.807) is 0 Å². The molecule has 0 atom stereocenters. The fourth-order valence-corrected chi connectivity index (χ4v) is 1.64. The van der Waals surface area contributed by atoms with Crippen molar-refractivity contribution in [3.8, 4) is 11.5 Å². The topological polar surface area (TPSA) is 18.5 Å². The summed E-state index contributed by atoms with van der Waals surface area (Å²) in [5, 5.41) is 0.569. The molecule has 0 aliphatic carbocycles. The molecule has 0 aliphatic heterocycles. The van der Waals surface area contributed by atoms with Gasteiger partial charge in [0, 0.05) is 23.0 Å². The summed E-state index contributed by atoms with van der Waals surface area (Å²) in [7, 11) is 3.00. The summed E-state index contributed by atoms with van der Waals surface area (Å²) in [5.74, 6) is 0.626. The number of benzene rings is 1. The van der Waals surface area contributed by atoms with Gasteiger partial charge in [-0.1, -0.05) is 15.9 Å². The number of ether oxygens (including phenoxy) is 2. The van der Waals surface area contributed by atoms with Crippen LogP contribution in [0.15, 0.2) is 12.1 Å². The third-order valence-electron chi connectivity index (χ3n) is 1.71. The van der Waals surface area contributed by atoms with E-state index in [4.69, 9.17) is 9.47 Å². The zero-order chi connectivity index (χ0) is 9.84. The summed E-state index contributed by atoms with van der Waals surface area (Å²) in [6.45, 7) is 0.